The fourth-order valence-corrected chi connectivity index (χ4v) is 2.96. The molecule has 0 saturated carbocycles. The van der Waals surface area contributed by atoms with Gasteiger partial charge in [0.05, 0.1) is 5.69 Å². The molecule has 1 saturated heterocycles. The summed E-state index contributed by atoms with van der Waals surface area (Å²) >= 11 is 0. The fraction of sp³-hybridized carbons (Fsp3) is 0.316. The SMILES string of the molecule is CN(C)c1cccc(C(=O)N2CCN(c3ccccc3F)CC2)c1. The van der Waals surface area contributed by atoms with E-state index in [0.717, 1.165) is 5.69 Å². The second kappa shape index (κ2) is 6.91. The van der Waals surface area contributed by atoms with Crippen LogP contribution in [0.3, 0.4) is 0 Å². The molecule has 1 fully saturated rings. The van der Waals surface area contributed by atoms with Crippen LogP contribution in [0.15, 0.2) is 48.5 Å². The van der Waals surface area contributed by atoms with Gasteiger partial charge in [0, 0.05) is 51.5 Å². The number of para-hydroxylation sites is 1. The van der Waals surface area contributed by atoms with Crippen LogP contribution in [0, 0.1) is 5.82 Å². The van der Waals surface area contributed by atoms with Gasteiger partial charge in [0.25, 0.3) is 5.91 Å². The number of anilines is 2. The first kappa shape index (κ1) is 16.3. The van der Waals surface area contributed by atoms with Crippen LogP contribution in [0.25, 0.3) is 0 Å². The van der Waals surface area contributed by atoms with E-state index in [0.29, 0.717) is 37.4 Å². The molecule has 2 aromatic carbocycles. The zero-order chi connectivity index (χ0) is 17.1. The van der Waals surface area contributed by atoms with Crippen LogP contribution in [0.5, 0.6) is 0 Å². The maximum Gasteiger partial charge on any atom is 0.254 e. The molecule has 0 atom stereocenters. The van der Waals surface area contributed by atoms with E-state index in [-0.39, 0.29) is 11.7 Å². The maximum atomic E-state index is 13.9. The lowest BCUT2D eigenvalue weighted by atomic mass is 10.1. The number of hydrogen-bond acceptors (Lipinski definition) is 3. The van der Waals surface area contributed by atoms with Crippen LogP contribution in [0.2, 0.25) is 0 Å². The van der Waals surface area contributed by atoms with E-state index in [1.807, 2.05) is 59.1 Å². The van der Waals surface area contributed by atoms with Crippen LogP contribution in [0.1, 0.15) is 10.4 Å². The van der Waals surface area contributed by atoms with Crippen molar-refractivity contribution in [2.75, 3.05) is 50.1 Å². The number of carbonyl (C=O) groups is 1. The first-order valence-electron chi connectivity index (χ1n) is 8.12. The van der Waals surface area contributed by atoms with Crippen LogP contribution < -0.4 is 9.80 Å². The highest BCUT2D eigenvalue weighted by Crippen LogP contribution is 2.21. The monoisotopic (exact) mass is 327 g/mol. The number of halogens is 1. The van der Waals surface area contributed by atoms with Crippen LogP contribution in [0.4, 0.5) is 15.8 Å². The molecule has 5 heteroatoms. The number of benzene rings is 2. The van der Waals surface area contributed by atoms with Gasteiger partial charge in [0.2, 0.25) is 0 Å². The van der Waals surface area contributed by atoms with Crippen molar-refractivity contribution in [2.24, 2.45) is 0 Å². The molecule has 0 aliphatic carbocycles. The Morgan fingerprint density at radius 1 is 1.00 bits per heavy atom. The topological polar surface area (TPSA) is 26.8 Å². The van der Waals surface area contributed by atoms with Crippen molar-refractivity contribution in [3.05, 3.63) is 59.9 Å². The summed E-state index contributed by atoms with van der Waals surface area (Å²) in [6.07, 6.45) is 0. The molecule has 1 aliphatic heterocycles. The molecule has 126 valence electrons. The summed E-state index contributed by atoms with van der Waals surface area (Å²) in [5, 5.41) is 0. The van der Waals surface area contributed by atoms with Gasteiger partial charge in [-0.2, -0.15) is 0 Å². The van der Waals surface area contributed by atoms with Crippen molar-refractivity contribution in [3.63, 3.8) is 0 Å². The Kier molecular flexibility index (Phi) is 4.69. The normalized spacial score (nSPS) is 14.6. The standard InChI is InChI=1S/C19H22FN3O/c1-21(2)16-7-5-6-15(14-16)19(24)23-12-10-22(11-13-23)18-9-4-3-8-17(18)20/h3-9,14H,10-13H2,1-2H3. The largest absolute Gasteiger partial charge is 0.378 e. The third-order valence-corrected chi connectivity index (χ3v) is 4.37. The zero-order valence-corrected chi connectivity index (χ0v) is 14.1. The van der Waals surface area contributed by atoms with Crippen molar-refractivity contribution in [1.82, 2.24) is 4.90 Å². The molecule has 24 heavy (non-hydrogen) atoms. The summed E-state index contributed by atoms with van der Waals surface area (Å²) in [7, 11) is 3.91. The molecule has 3 rings (SSSR count). The van der Waals surface area contributed by atoms with Gasteiger partial charge >= 0.3 is 0 Å². The Bertz CT molecular complexity index is 724. The minimum Gasteiger partial charge on any atom is -0.378 e. The fourth-order valence-electron chi connectivity index (χ4n) is 2.96. The van der Waals surface area contributed by atoms with Gasteiger partial charge in [-0.1, -0.05) is 18.2 Å². The molecule has 0 radical (unpaired) electrons. The van der Waals surface area contributed by atoms with Crippen molar-refractivity contribution in [1.29, 1.82) is 0 Å². The van der Waals surface area contributed by atoms with Gasteiger partial charge in [-0.3, -0.25) is 4.79 Å². The Morgan fingerprint density at radius 2 is 1.71 bits per heavy atom. The molecule has 1 heterocycles. The highest BCUT2D eigenvalue weighted by atomic mass is 19.1. The van der Waals surface area contributed by atoms with Crippen molar-refractivity contribution < 1.29 is 9.18 Å². The number of amides is 1. The van der Waals surface area contributed by atoms with E-state index >= 15 is 0 Å². The highest BCUT2D eigenvalue weighted by Gasteiger charge is 2.23. The second-order valence-corrected chi connectivity index (χ2v) is 6.18. The number of carbonyl (C=O) groups excluding carboxylic acids is 1. The van der Waals surface area contributed by atoms with Gasteiger partial charge in [-0.25, -0.2) is 4.39 Å². The number of hydrogen-bond donors (Lipinski definition) is 0. The summed E-state index contributed by atoms with van der Waals surface area (Å²) in [6.45, 7) is 2.47. The van der Waals surface area contributed by atoms with E-state index in [9.17, 15) is 9.18 Å². The summed E-state index contributed by atoms with van der Waals surface area (Å²) in [4.78, 5) is 18.5. The van der Waals surface area contributed by atoms with E-state index in [4.69, 9.17) is 0 Å². The molecule has 0 unspecified atom stereocenters. The average Bonchev–Trinajstić information content (AvgIpc) is 2.62. The first-order valence-corrected chi connectivity index (χ1v) is 8.12. The lowest BCUT2D eigenvalue weighted by Gasteiger charge is -2.36. The van der Waals surface area contributed by atoms with Crippen LogP contribution >= 0.6 is 0 Å². The molecule has 1 amide bonds. The second-order valence-electron chi connectivity index (χ2n) is 6.18. The van der Waals surface area contributed by atoms with E-state index < -0.39 is 0 Å². The zero-order valence-electron chi connectivity index (χ0n) is 14.1. The summed E-state index contributed by atoms with van der Waals surface area (Å²) < 4.78 is 13.9. The minimum absolute atomic E-state index is 0.0342. The van der Waals surface area contributed by atoms with Crippen LogP contribution in [-0.2, 0) is 0 Å². The molecule has 2 aromatic rings. The summed E-state index contributed by atoms with van der Waals surface area (Å²) in [5.74, 6) is -0.178. The first-order chi connectivity index (χ1) is 11.6. The van der Waals surface area contributed by atoms with E-state index in [2.05, 4.69) is 0 Å². The molecule has 4 nitrogen and oxygen atoms in total. The maximum absolute atomic E-state index is 13.9. The predicted octanol–water partition coefficient (Wildman–Crippen LogP) is 2.85. The Balaban J connectivity index is 1.67. The Morgan fingerprint density at radius 3 is 2.38 bits per heavy atom. The highest BCUT2D eigenvalue weighted by molar-refractivity contribution is 5.95. The van der Waals surface area contributed by atoms with E-state index in [1.54, 1.807) is 12.1 Å². The molecular weight excluding hydrogens is 305 g/mol. The van der Waals surface area contributed by atoms with E-state index in [1.165, 1.54) is 6.07 Å². The Labute approximate surface area is 142 Å². The molecular formula is C19H22FN3O. The lowest BCUT2D eigenvalue weighted by molar-refractivity contribution is 0.0746. The Hall–Kier alpha value is -2.56. The smallest absolute Gasteiger partial charge is 0.254 e. The van der Waals surface area contributed by atoms with Crippen molar-refractivity contribution in [3.8, 4) is 0 Å². The lowest BCUT2D eigenvalue weighted by Crippen LogP contribution is -2.49. The molecule has 1 aliphatic rings. The van der Waals surface area contributed by atoms with Crippen LogP contribution in [-0.4, -0.2) is 51.1 Å². The van der Waals surface area contributed by atoms with Gasteiger partial charge in [0.1, 0.15) is 5.82 Å². The third-order valence-electron chi connectivity index (χ3n) is 4.37. The van der Waals surface area contributed by atoms with Gasteiger partial charge < -0.3 is 14.7 Å². The molecule has 0 aromatic heterocycles. The average molecular weight is 327 g/mol. The molecule has 0 N–H and O–H groups in total. The molecule has 0 bridgehead atoms. The van der Waals surface area contributed by atoms with Crippen molar-refractivity contribution in [2.45, 2.75) is 0 Å². The quantitative estimate of drug-likeness (QED) is 0.867. The van der Waals surface area contributed by atoms with Crippen molar-refractivity contribution >= 4 is 17.3 Å². The number of nitrogens with zero attached hydrogens (tertiary/aromatic N) is 3. The summed E-state index contributed by atoms with van der Waals surface area (Å²) in [5.41, 5.74) is 2.31. The van der Waals surface area contributed by atoms with Gasteiger partial charge in [-0.15, -0.1) is 0 Å². The number of piperazine rings is 1. The predicted molar refractivity (Wildman–Crippen MR) is 95.3 cm³/mol. The third kappa shape index (κ3) is 3.35. The minimum atomic E-state index is -0.212. The van der Waals surface area contributed by atoms with Gasteiger partial charge in [0.15, 0.2) is 0 Å². The molecule has 0 spiro atoms. The number of rotatable bonds is 3. The van der Waals surface area contributed by atoms with Gasteiger partial charge in [-0.05, 0) is 30.3 Å². The summed E-state index contributed by atoms with van der Waals surface area (Å²) in [6, 6.07) is 14.4.